The van der Waals surface area contributed by atoms with Crippen molar-refractivity contribution >= 4 is 23.1 Å². The first-order valence-electron chi connectivity index (χ1n) is 15.2. The number of rotatable bonds is 15. The fourth-order valence-electron chi connectivity index (χ4n) is 5.18. The second-order valence-corrected chi connectivity index (χ2v) is 10.8. The van der Waals surface area contributed by atoms with E-state index in [-0.39, 0.29) is 5.78 Å². The van der Waals surface area contributed by atoms with Gasteiger partial charge in [-0.25, -0.2) is 4.79 Å². The molecule has 0 aliphatic heterocycles. The SMILES string of the molecule is COC(=O)C(Cc1ccc(OCCCNc2ccccc2Cc2ccccc2)cc1)Nc1ccccc1C(=O)c1ccccc1. The largest absolute Gasteiger partial charge is 0.494 e. The van der Waals surface area contributed by atoms with Gasteiger partial charge in [-0.3, -0.25) is 4.79 Å². The summed E-state index contributed by atoms with van der Waals surface area (Å²) in [6, 6.07) is 42.3. The Balaban J connectivity index is 1.13. The number of hydrogen-bond donors (Lipinski definition) is 2. The van der Waals surface area contributed by atoms with Crippen LogP contribution in [-0.4, -0.2) is 38.1 Å². The molecule has 45 heavy (non-hydrogen) atoms. The number of carbonyl (C=O) groups is 2. The third kappa shape index (κ3) is 8.83. The summed E-state index contributed by atoms with van der Waals surface area (Å²) in [6.07, 6.45) is 2.11. The van der Waals surface area contributed by atoms with Crippen molar-refractivity contribution in [3.05, 3.63) is 161 Å². The molecule has 0 aliphatic carbocycles. The van der Waals surface area contributed by atoms with Gasteiger partial charge < -0.3 is 20.1 Å². The average molecular weight is 599 g/mol. The molecule has 0 radical (unpaired) electrons. The number of ether oxygens (including phenoxy) is 2. The number of carbonyl (C=O) groups excluding carboxylic acids is 2. The normalized spacial score (nSPS) is 11.3. The molecule has 0 saturated heterocycles. The molecule has 2 N–H and O–H groups in total. The van der Waals surface area contributed by atoms with E-state index < -0.39 is 12.0 Å². The molecule has 0 bridgehead atoms. The smallest absolute Gasteiger partial charge is 0.328 e. The van der Waals surface area contributed by atoms with Crippen molar-refractivity contribution in [3.63, 3.8) is 0 Å². The zero-order valence-corrected chi connectivity index (χ0v) is 25.4. The van der Waals surface area contributed by atoms with Crippen molar-refractivity contribution in [3.8, 4) is 5.75 Å². The number of ketones is 1. The Hall–Kier alpha value is -5.36. The lowest BCUT2D eigenvalue weighted by Gasteiger charge is -2.20. The lowest BCUT2D eigenvalue weighted by atomic mass is 10.00. The highest BCUT2D eigenvalue weighted by molar-refractivity contribution is 6.12. The Morgan fingerprint density at radius 1 is 0.689 bits per heavy atom. The third-order valence-corrected chi connectivity index (χ3v) is 7.55. The van der Waals surface area contributed by atoms with Crippen molar-refractivity contribution in [1.82, 2.24) is 0 Å². The number of anilines is 2. The molecule has 0 amide bonds. The van der Waals surface area contributed by atoms with Gasteiger partial charge in [-0.1, -0.05) is 103 Å². The molecule has 1 unspecified atom stereocenters. The van der Waals surface area contributed by atoms with Crippen LogP contribution in [0.15, 0.2) is 133 Å². The molecule has 5 aromatic carbocycles. The van der Waals surface area contributed by atoms with Gasteiger partial charge >= 0.3 is 5.97 Å². The van der Waals surface area contributed by atoms with Gasteiger partial charge in [-0.15, -0.1) is 0 Å². The van der Waals surface area contributed by atoms with E-state index >= 15 is 0 Å². The molecule has 6 nitrogen and oxygen atoms in total. The van der Waals surface area contributed by atoms with Gasteiger partial charge in [0.15, 0.2) is 5.78 Å². The molecule has 0 fully saturated rings. The van der Waals surface area contributed by atoms with E-state index in [0.29, 0.717) is 29.8 Å². The van der Waals surface area contributed by atoms with E-state index in [9.17, 15) is 9.59 Å². The van der Waals surface area contributed by atoms with Crippen LogP contribution in [0.25, 0.3) is 0 Å². The zero-order chi connectivity index (χ0) is 31.3. The van der Waals surface area contributed by atoms with E-state index in [1.54, 1.807) is 24.3 Å². The van der Waals surface area contributed by atoms with Crippen LogP contribution in [0.2, 0.25) is 0 Å². The van der Waals surface area contributed by atoms with Gasteiger partial charge in [0, 0.05) is 35.5 Å². The van der Waals surface area contributed by atoms with Crippen LogP contribution in [0.1, 0.15) is 39.0 Å². The van der Waals surface area contributed by atoms with E-state index in [1.807, 2.05) is 60.7 Å². The fourth-order valence-corrected chi connectivity index (χ4v) is 5.18. The molecule has 228 valence electrons. The summed E-state index contributed by atoms with van der Waals surface area (Å²) in [4.78, 5) is 25.9. The predicted octanol–water partition coefficient (Wildman–Crippen LogP) is 7.59. The minimum absolute atomic E-state index is 0.115. The number of methoxy groups -OCH3 is 1. The minimum atomic E-state index is -0.678. The van der Waals surface area contributed by atoms with Gasteiger partial charge in [0.1, 0.15) is 11.8 Å². The van der Waals surface area contributed by atoms with Crippen molar-refractivity contribution in [2.24, 2.45) is 0 Å². The Morgan fingerprint density at radius 2 is 1.33 bits per heavy atom. The highest BCUT2D eigenvalue weighted by atomic mass is 16.5. The summed E-state index contributed by atoms with van der Waals surface area (Å²) < 4.78 is 11.1. The molecule has 0 saturated carbocycles. The lowest BCUT2D eigenvalue weighted by molar-refractivity contribution is -0.141. The van der Waals surface area contributed by atoms with Crippen LogP contribution < -0.4 is 15.4 Å². The van der Waals surface area contributed by atoms with Crippen molar-refractivity contribution in [2.75, 3.05) is 30.9 Å². The number of hydrogen-bond acceptors (Lipinski definition) is 6. The number of para-hydroxylation sites is 2. The molecule has 0 aliphatic rings. The summed E-state index contributed by atoms with van der Waals surface area (Å²) in [5, 5.41) is 6.81. The maximum Gasteiger partial charge on any atom is 0.328 e. The molecular weight excluding hydrogens is 560 g/mol. The molecule has 0 heterocycles. The predicted molar refractivity (Wildman–Crippen MR) is 180 cm³/mol. The first kappa shape index (κ1) is 31.1. The summed E-state index contributed by atoms with van der Waals surface area (Å²) in [7, 11) is 1.37. The molecule has 0 aromatic heterocycles. The number of nitrogens with one attached hydrogen (secondary N) is 2. The van der Waals surface area contributed by atoms with Gasteiger partial charge in [0.05, 0.1) is 13.7 Å². The monoisotopic (exact) mass is 598 g/mol. The lowest BCUT2D eigenvalue weighted by Crippen LogP contribution is -2.33. The quantitative estimate of drug-likeness (QED) is 0.0735. The van der Waals surface area contributed by atoms with Gasteiger partial charge in [0.25, 0.3) is 0 Å². The van der Waals surface area contributed by atoms with Crippen molar-refractivity contribution < 1.29 is 19.1 Å². The van der Waals surface area contributed by atoms with Crippen molar-refractivity contribution in [2.45, 2.75) is 25.3 Å². The Morgan fingerprint density at radius 3 is 2.07 bits per heavy atom. The number of esters is 1. The summed E-state index contributed by atoms with van der Waals surface area (Å²) in [5.41, 5.74) is 6.30. The molecule has 0 spiro atoms. The van der Waals surface area contributed by atoms with Crippen LogP contribution >= 0.6 is 0 Å². The van der Waals surface area contributed by atoms with E-state index in [2.05, 4.69) is 59.2 Å². The van der Waals surface area contributed by atoms with E-state index in [0.717, 1.165) is 36.4 Å². The maximum absolute atomic E-state index is 13.2. The van der Waals surface area contributed by atoms with E-state index in [1.165, 1.54) is 18.2 Å². The van der Waals surface area contributed by atoms with Crippen LogP contribution in [0, 0.1) is 0 Å². The molecule has 1 atom stereocenters. The Kier molecular flexibility index (Phi) is 11.0. The summed E-state index contributed by atoms with van der Waals surface area (Å²) in [5.74, 6) is 0.246. The van der Waals surface area contributed by atoms with Gasteiger partial charge in [-0.05, 0) is 59.9 Å². The second-order valence-electron chi connectivity index (χ2n) is 10.8. The Bertz CT molecular complexity index is 1670. The van der Waals surface area contributed by atoms with Crippen LogP contribution in [0.5, 0.6) is 5.75 Å². The standard InChI is InChI=1S/C39H38N2O4/c1-44-39(43)37(41-36-20-11-9-18-34(36)38(42)31-15-6-3-7-16-31)28-30-21-23-33(24-22-30)45-26-12-25-40-35-19-10-8-17-32(35)27-29-13-4-2-5-14-29/h2-11,13-24,37,40-41H,12,25-28H2,1H3. The first-order valence-corrected chi connectivity index (χ1v) is 15.2. The second kappa shape index (κ2) is 15.9. The number of benzene rings is 5. The summed E-state index contributed by atoms with van der Waals surface area (Å²) >= 11 is 0. The molecule has 5 rings (SSSR count). The zero-order valence-electron chi connectivity index (χ0n) is 25.4. The molecule has 6 heteroatoms. The van der Waals surface area contributed by atoms with Crippen LogP contribution in [0.4, 0.5) is 11.4 Å². The van der Waals surface area contributed by atoms with Gasteiger partial charge in [-0.2, -0.15) is 0 Å². The Labute approximate surface area is 265 Å². The highest BCUT2D eigenvalue weighted by Gasteiger charge is 2.22. The molecular formula is C39H38N2O4. The highest BCUT2D eigenvalue weighted by Crippen LogP contribution is 2.23. The fraction of sp³-hybridized carbons (Fsp3) is 0.179. The van der Waals surface area contributed by atoms with Gasteiger partial charge in [0.2, 0.25) is 0 Å². The summed E-state index contributed by atoms with van der Waals surface area (Å²) in [6.45, 7) is 1.37. The average Bonchev–Trinajstić information content (AvgIpc) is 3.09. The van der Waals surface area contributed by atoms with Crippen LogP contribution in [0.3, 0.4) is 0 Å². The molecule has 5 aromatic rings. The maximum atomic E-state index is 13.2. The van der Waals surface area contributed by atoms with Crippen molar-refractivity contribution in [1.29, 1.82) is 0 Å². The minimum Gasteiger partial charge on any atom is -0.494 e. The third-order valence-electron chi connectivity index (χ3n) is 7.55. The topological polar surface area (TPSA) is 76.7 Å². The first-order chi connectivity index (χ1) is 22.1. The van der Waals surface area contributed by atoms with Crippen LogP contribution in [-0.2, 0) is 22.4 Å². The van der Waals surface area contributed by atoms with E-state index in [4.69, 9.17) is 9.47 Å².